The van der Waals surface area contributed by atoms with Gasteiger partial charge in [-0.25, -0.2) is 0 Å². The van der Waals surface area contributed by atoms with Gasteiger partial charge in [0, 0.05) is 46.5 Å². The van der Waals surface area contributed by atoms with E-state index in [4.69, 9.17) is 0 Å². The molecule has 5 aromatic rings. The van der Waals surface area contributed by atoms with Crippen molar-refractivity contribution in [2.24, 2.45) is 0 Å². The Morgan fingerprint density at radius 1 is 0.478 bits per heavy atom. The number of allylic oxidation sites excluding steroid dienone is 2. The Morgan fingerprint density at radius 2 is 0.891 bits per heavy atom. The van der Waals surface area contributed by atoms with Crippen LogP contribution in [-0.4, -0.2) is 46.5 Å². The summed E-state index contributed by atoms with van der Waals surface area (Å²) in [4.78, 5) is 58.1. The average molecular weight is 601 g/mol. The highest BCUT2D eigenvalue weighted by Gasteiger charge is 2.41. The predicted molar refractivity (Wildman–Crippen MR) is 177 cm³/mol. The molecule has 0 unspecified atom stereocenters. The number of hydrogen-bond acceptors (Lipinski definition) is 4. The van der Waals surface area contributed by atoms with Crippen molar-refractivity contribution in [1.29, 1.82) is 0 Å². The number of carbonyl (C=O) groups excluding carboxylic acids is 4. The van der Waals surface area contributed by atoms with E-state index < -0.39 is 0 Å². The molecule has 0 aromatic heterocycles. The fourth-order valence-electron chi connectivity index (χ4n) is 7.89. The molecule has 2 aliphatic carbocycles. The standard InChI is InChI=1S/C40H28N2O4/c43-37-29-15-11-25-27-13-17-31-36-32(40(46)42(39(31)45)22-20-24-9-5-2-6-10-24)18-14-28(34(27)36)26-12-16-30(35(29)33(25)26)38(44)41(37)21-19-23-7-3-1-4-8-23/h1-11,14-18H,12-13,19-22H2. The van der Waals surface area contributed by atoms with Crippen molar-refractivity contribution in [3.05, 3.63) is 142 Å². The second-order valence-electron chi connectivity index (χ2n) is 12.4. The summed E-state index contributed by atoms with van der Waals surface area (Å²) < 4.78 is 0. The van der Waals surface area contributed by atoms with Gasteiger partial charge in [-0.1, -0.05) is 84.9 Å². The van der Waals surface area contributed by atoms with E-state index in [1.807, 2.05) is 97.1 Å². The molecule has 9 rings (SSSR count). The monoisotopic (exact) mass is 600 g/mol. The first kappa shape index (κ1) is 26.8. The Morgan fingerprint density at radius 3 is 1.30 bits per heavy atom. The van der Waals surface area contributed by atoms with Gasteiger partial charge in [0.1, 0.15) is 0 Å². The van der Waals surface area contributed by atoms with Gasteiger partial charge in [-0.2, -0.15) is 0 Å². The molecule has 0 bridgehead atoms. The number of amides is 4. The Kier molecular flexibility index (Phi) is 5.78. The lowest BCUT2D eigenvalue weighted by molar-refractivity contribution is -0.123. The van der Waals surface area contributed by atoms with Gasteiger partial charge < -0.3 is 0 Å². The first-order chi connectivity index (χ1) is 22.5. The van der Waals surface area contributed by atoms with Crippen LogP contribution in [0.1, 0.15) is 54.1 Å². The minimum absolute atomic E-state index is 0.250. The molecule has 222 valence electrons. The smallest absolute Gasteiger partial charge is 0.261 e. The van der Waals surface area contributed by atoms with E-state index in [1.54, 1.807) is 0 Å². The summed E-state index contributed by atoms with van der Waals surface area (Å²) in [6.45, 7) is 0.632. The van der Waals surface area contributed by atoms with Crippen LogP contribution < -0.4 is 0 Å². The molecule has 46 heavy (non-hydrogen) atoms. The third-order valence-corrected chi connectivity index (χ3v) is 10.1. The summed E-state index contributed by atoms with van der Waals surface area (Å²) >= 11 is 0. The number of hydrogen-bond donors (Lipinski definition) is 0. The van der Waals surface area contributed by atoms with E-state index in [0.29, 0.717) is 61.0 Å². The molecule has 2 aliphatic heterocycles. The lowest BCUT2D eigenvalue weighted by Crippen LogP contribution is -2.43. The zero-order valence-electron chi connectivity index (χ0n) is 25.0. The van der Waals surface area contributed by atoms with Gasteiger partial charge in [-0.05, 0) is 81.6 Å². The van der Waals surface area contributed by atoms with Crippen molar-refractivity contribution in [3.8, 4) is 0 Å². The molecule has 6 nitrogen and oxygen atoms in total. The Balaban J connectivity index is 1.15. The van der Waals surface area contributed by atoms with Crippen LogP contribution in [0.4, 0.5) is 0 Å². The van der Waals surface area contributed by atoms with Crippen LogP contribution in [0.15, 0.2) is 97.1 Å². The first-order valence-corrected chi connectivity index (χ1v) is 15.8. The Labute approximate surface area is 265 Å². The molecule has 0 N–H and O–H groups in total. The molecule has 0 radical (unpaired) electrons. The van der Waals surface area contributed by atoms with Crippen molar-refractivity contribution in [3.63, 3.8) is 0 Å². The van der Waals surface area contributed by atoms with Crippen LogP contribution in [0.3, 0.4) is 0 Å². The topological polar surface area (TPSA) is 74.8 Å². The Hall–Kier alpha value is -5.62. The maximum absolute atomic E-state index is 13.8. The van der Waals surface area contributed by atoms with E-state index >= 15 is 0 Å². The van der Waals surface area contributed by atoms with Crippen molar-refractivity contribution in [2.45, 2.75) is 25.7 Å². The summed E-state index contributed by atoms with van der Waals surface area (Å²) in [5, 5.41) is 3.83. The summed E-state index contributed by atoms with van der Waals surface area (Å²) in [5.74, 6) is -1.04. The van der Waals surface area contributed by atoms with Crippen molar-refractivity contribution in [1.82, 2.24) is 9.80 Å². The molecular weight excluding hydrogens is 572 g/mol. The second-order valence-corrected chi connectivity index (χ2v) is 12.4. The highest BCUT2D eigenvalue weighted by atomic mass is 16.2. The summed E-state index contributed by atoms with van der Waals surface area (Å²) in [5.41, 5.74) is 7.89. The molecule has 0 saturated carbocycles. The fraction of sp³-hybridized carbons (Fsp3) is 0.150. The minimum Gasteiger partial charge on any atom is -0.274 e. The molecule has 0 saturated heterocycles. The van der Waals surface area contributed by atoms with Crippen molar-refractivity contribution < 1.29 is 19.2 Å². The van der Waals surface area contributed by atoms with E-state index in [0.717, 1.165) is 54.9 Å². The maximum atomic E-state index is 13.8. The van der Waals surface area contributed by atoms with Crippen LogP contribution >= 0.6 is 0 Å². The fourth-order valence-corrected chi connectivity index (χ4v) is 7.89. The van der Waals surface area contributed by atoms with Gasteiger partial charge in [0.25, 0.3) is 23.6 Å². The van der Waals surface area contributed by atoms with Crippen LogP contribution in [0.2, 0.25) is 0 Å². The quantitative estimate of drug-likeness (QED) is 0.169. The van der Waals surface area contributed by atoms with Gasteiger partial charge in [-0.15, -0.1) is 0 Å². The molecule has 6 heteroatoms. The summed E-state index contributed by atoms with van der Waals surface area (Å²) in [6.07, 6.45) is 6.13. The zero-order chi connectivity index (χ0) is 31.1. The molecule has 0 spiro atoms. The summed E-state index contributed by atoms with van der Waals surface area (Å²) in [6, 6.07) is 27.5. The van der Waals surface area contributed by atoms with Crippen LogP contribution in [0.25, 0.3) is 32.7 Å². The number of carbonyl (C=O) groups is 4. The molecule has 5 aromatic carbocycles. The van der Waals surface area contributed by atoms with Crippen molar-refractivity contribution >= 4 is 56.3 Å². The number of benzene rings is 5. The van der Waals surface area contributed by atoms with E-state index in [1.165, 1.54) is 9.80 Å². The van der Waals surface area contributed by atoms with Crippen LogP contribution in [0.5, 0.6) is 0 Å². The van der Waals surface area contributed by atoms with Gasteiger partial charge in [-0.3, -0.25) is 29.0 Å². The average Bonchev–Trinajstić information content (AvgIpc) is 3.09. The lowest BCUT2D eigenvalue weighted by Gasteiger charge is -2.35. The second kappa shape index (κ2) is 9.94. The SMILES string of the molecule is O=C1C2=CCc3c4ccc5c6c4c(c4ccc(c2c34)C(=O)N1CCc1ccccc1)CC=C6C(=O)N(CCc1ccccc1)C5=O. The lowest BCUT2D eigenvalue weighted by atomic mass is 9.74. The first-order valence-electron chi connectivity index (χ1n) is 15.8. The molecular formula is C40H28N2O4. The van der Waals surface area contributed by atoms with E-state index in [-0.39, 0.29) is 23.6 Å². The summed E-state index contributed by atoms with van der Waals surface area (Å²) in [7, 11) is 0. The Bertz CT molecular complexity index is 2120. The number of nitrogens with zero attached hydrogens (tertiary/aromatic N) is 2. The number of fused-ring (bicyclic) bond motifs is 2. The van der Waals surface area contributed by atoms with Gasteiger partial charge in [0.2, 0.25) is 0 Å². The number of imide groups is 2. The number of rotatable bonds is 6. The molecule has 2 heterocycles. The molecule has 0 atom stereocenters. The predicted octanol–water partition coefficient (Wildman–Crippen LogP) is 6.32. The largest absolute Gasteiger partial charge is 0.274 e. The maximum Gasteiger partial charge on any atom is 0.261 e. The third kappa shape index (κ3) is 3.70. The minimum atomic E-state index is -0.268. The van der Waals surface area contributed by atoms with Crippen molar-refractivity contribution in [2.75, 3.05) is 13.1 Å². The highest BCUT2D eigenvalue weighted by molar-refractivity contribution is 6.37. The third-order valence-electron chi connectivity index (χ3n) is 10.1. The highest BCUT2D eigenvalue weighted by Crippen LogP contribution is 2.49. The molecule has 4 aliphatic rings. The van der Waals surface area contributed by atoms with Gasteiger partial charge in [0.15, 0.2) is 0 Å². The molecule has 4 amide bonds. The van der Waals surface area contributed by atoms with Crippen LogP contribution in [-0.2, 0) is 35.3 Å². The van der Waals surface area contributed by atoms with E-state index in [9.17, 15) is 19.2 Å². The van der Waals surface area contributed by atoms with Gasteiger partial charge >= 0.3 is 0 Å². The van der Waals surface area contributed by atoms with E-state index in [2.05, 4.69) is 0 Å². The van der Waals surface area contributed by atoms with Gasteiger partial charge in [0.05, 0.1) is 0 Å². The van der Waals surface area contributed by atoms with Crippen LogP contribution in [0, 0.1) is 0 Å². The molecule has 0 fully saturated rings. The zero-order valence-corrected chi connectivity index (χ0v) is 25.0. The normalized spacial score (nSPS) is 16.3.